The van der Waals surface area contributed by atoms with Crippen molar-refractivity contribution in [2.45, 2.75) is 43.0 Å². The van der Waals surface area contributed by atoms with Crippen LogP contribution in [-0.2, 0) is 14.8 Å². The number of primary amides is 1. The quantitative estimate of drug-likeness (QED) is 0.842. The van der Waals surface area contributed by atoms with E-state index in [1.54, 1.807) is 19.1 Å². The number of carbonyl (C=O) groups excluding carboxylic acids is 1. The van der Waals surface area contributed by atoms with Gasteiger partial charge in [0, 0.05) is 12.0 Å². The van der Waals surface area contributed by atoms with Gasteiger partial charge in [-0.2, -0.15) is 5.26 Å². The fraction of sp³-hybridized carbons (Fsp3) is 0.429. The van der Waals surface area contributed by atoms with Crippen molar-refractivity contribution < 1.29 is 13.2 Å². The summed E-state index contributed by atoms with van der Waals surface area (Å²) in [5.74, 6) is -0.540. The van der Waals surface area contributed by atoms with Crippen molar-refractivity contribution in [3.8, 4) is 6.07 Å². The molecule has 1 fully saturated rings. The van der Waals surface area contributed by atoms with Gasteiger partial charge in [0.05, 0.1) is 5.56 Å². The van der Waals surface area contributed by atoms with E-state index in [4.69, 9.17) is 11.0 Å². The minimum Gasteiger partial charge on any atom is -0.370 e. The molecule has 1 aromatic rings. The first-order valence-corrected chi connectivity index (χ1v) is 8.10. The summed E-state index contributed by atoms with van der Waals surface area (Å²) >= 11 is 0. The molecule has 0 spiro atoms. The normalized spacial score (nSPS) is 16.8. The Labute approximate surface area is 124 Å². The van der Waals surface area contributed by atoms with Gasteiger partial charge in [0.2, 0.25) is 15.9 Å². The molecule has 112 valence electrons. The summed E-state index contributed by atoms with van der Waals surface area (Å²) in [7, 11) is -3.87. The average Bonchev–Trinajstić information content (AvgIpc) is 2.35. The smallest absolute Gasteiger partial charge is 0.242 e. The summed E-state index contributed by atoms with van der Waals surface area (Å²) in [4.78, 5) is 11.1. The number of aryl methyl sites for hydroxylation is 1. The lowest BCUT2D eigenvalue weighted by atomic mass is 9.75. The minimum absolute atomic E-state index is 0.0278. The molecule has 1 amide bonds. The maximum atomic E-state index is 12.5. The van der Waals surface area contributed by atoms with Crippen LogP contribution in [0.1, 0.15) is 36.8 Å². The molecule has 0 radical (unpaired) electrons. The van der Waals surface area contributed by atoms with Gasteiger partial charge in [-0.3, -0.25) is 4.79 Å². The van der Waals surface area contributed by atoms with E-state index >= 15 is 0 Å². The zero-order valence-corrected chi connectivity index (χ0v) is 12.5. The van der Waals surface area contributed by atoms with E-state index in [0.717, 1.165) is 6.42 Å². The van der Waals surface area contributed by atoms with Crippen molar-refractivity contribution in [3.63, 3.8) is 0 Å². The van der Waals surface area contributed by atoms with Crippen molar-refractivity contribution in [1.82, 2.24) is 4.72 Å². The second-order valence-corrected chi connectivity index (χ2v) is 7.09. The summed E-state index contributed by atoms with van der Waals surface area (Å²) in [6.07, 6.45) is 1.96. The number of rotatable bonds is 5. The lowest BCUT2D eigenvalue weighted by Crippen LogP contribution is -2.55. The number of nitriles is 1. The van der Waals surface area contributed by atoms with Gasteiger partial charge in [0.1, 0.15) is 11.0 Å². The number of amides is 1. The van der Waals surface area contributed by atoms with Crippen molar-refractivity contribution in [3.05, 3.63) is 29.3 Å². The van der Waals surface area contributed by atoms with E-state index in [9.17, 15) is 13.2 Å². The SMILES string of the molecule is Cc1cccc(S(=O)(=O)NC2(CC(N)=O)CCC2)c1C#N. The Bertz CT molecular complexity index is 715. The molecule has 0 unspecified atom stereocenters. The summed E-state index contributed by atoms with van der Waals surface area (Å²) in [6.45, 7) is 1.68. The molecule has 0 saturated heterocycles. The molecular formula is C14H17N3O3S. The predicted molar refractivity (Wildman–Crippen MR) is 76.6 cm³/mol. The molecule has 7 heteroatoms. The van der Waals surface area contributed by atoms with E-state index < -0.39 is 21.5 Å². The van der Waals surface area contributed by atoms with Crippen molar-refractivity contribution in [2.75, 3.05) is 0 Å². The van der Waals surface area contributed by atoms with Crippen LogP contribution in [0, 0.1) is 18.3 Å². The summed E-state index contributed by atoms with van der Waals surface area (Å²) < 4.78 is 27.7. The van der Waals surface area contributed by atoms with Gasteiger partial charge in [-0.05, 0) is 37.8 Å². The highest BCUT2D eigenvalue weighted by molar-refractivity contribution is 7.89. The third-order valence-electron chi connectivity index (χ3n) is 3.81. The molecule has 1 aliphatic carbocycles. The van der Waals surface area contributed by atoms with E-state index in [0.29, 0.717) is 18.4 Å². The van der Waals surface area contributed by atoms with Crippen molar-refractivity contribution >= 4 is 15.9 Å². The van der Waals surface area contributed by atoms with Crippen LogP contribution < -0.4 is 10.5 Å². The molecule has 1 aliphatic rings. The topological polar surface area (TPSA) is 113 Å². The highest BCUT2D eigenvalue weighted by atomic mass is 32.2. The maximum absolute atomic E-state index is 12.5. The van der Waals surface area contributed by atoms with E-state index in [2.05, 4.69) is 4.72 Å². The lowest BCUT2D eigenvalue weighted by Gasteiger charge is -2.41. The molecule has 2 rings (SSSR count). The van der Waals surface area contributed by atoms with Gasteiger partial charge in [0.15, 0.2) is 0 Å². The number of nitrogens with zero attached hydrogens (tertiary/aromatic N) is 1. The minimum atomic E-state index is -3.87. The fourth-order valence-corrected chi connectivity index (χ4v) is 4.29. The van der Waals surface area contributed by atoms with Crippen molar-refractivity contribution in [2.24, 2.45) is 5.73 Å². The first-order chi connectivity index (χ1) is 9.80. The maximum Gasteiger partial charge on any atom is 0.242 e. The van der Waals surface area contributed by atoms with Gasteiger partial charge < -0.3 is 5.73 Å². The lowest BCUT2D eigenvalue weighted by molar-refractivity contribution is -0.120. The Morgan fingerprint density at radius 3 is 2.62 bits per heavy atom. The molecule has 0 heterocycles. The number of nitrogens with one attached hydrogen (secondary N) is 1. The molecular weight excluding hydrogens is 290 g/mol. The van der Waals surface area contributed by atoms with Gasteiger partial charge in [-0.1, -0.05) is 12.1 Å². The van der Waals surface area contributed by atoms with Crippen LogP contribution in [0.2, 0.25) is 0 Å². The number of sulfonamides is 1. The molecule has 0 aliphatic heterocycles. The van der Waals surface area contributed by atoms with Crippen LogP contribution in [0.4, 0.5) is 0 Å². The van der Waals surface area contributed by atoms with Crippen LogP contribution in [0.3, 0.4) is 0 Å². The van der Waals surface area contributed by atoms with Gasteiger partial charge >= 0.3 is 0 Å². The first-order valence-electron chi connectivity index (χ1n) is 6.62. The van der Waals surface area contributed by atoms with Crippen LogP contribution >= 0.6 is 0 Å². The summed E-state index contributed by atoms with van der Waals surface area (Å²) in [5, 5.41) is 9.16. The Morgan fingerprint density at radius 2 is 2.14 bits per heavy atom. The number of hydrogen-bond acceptors (Lipinski definition) is 4. The molecule has 0 aromatic heterocycles. The Hall–Kier alpha value is -1.91. The molecule has 1 aromatic carbocycles. The molecule has 0 atom stereocenters. The van der Waals surface area contributed by atoms with Crippen LogP contribution in [0.5, 0.6) is 0 Å². The molecule has 3 N–H and O–H groups in total. The summed E-state index contributed by atoms with van der Waals surface area (Å²) in [6, 6.07) is 6.59. The zero-order chi connectivity index (χ0) is 15.7. The number of benzene rings is 1. The van der Waals surface area contributed by atoms with Crippen LogP contribution in [-0.4, -0.2) is 19.9 Å². The third-order valence-corrected chi connectivity index (χ3v) is 5.43. The van der Waals surface area contributed by atoms with Gasteiger partial charge in [-0.25, -0.2) is 13.1 Å². The Morgan fingerprint density at radius 1 is 1.48 bits per heavy atom. The monoisotopic (exact) mass is 307 g/mol. The highest BCUT2D eigenvalue weighted by Crippen LogP contribution is 2.36. The standard InChI is InChI=1S/C14H17N3O3S/c1-10-4-2-5-12(11(10)9-15)21(19,20)17-14(6-3-7-14)8-13(16)18/h2,4-5,17H,3,6-8H2,1H3,(H2,16,18). The Kier molecular flexibility index (Phi) is 4.03. The first kappa shape index (κ1) is 15.5. The molecule has 21 heavy (non-hydrogen) atoms. The zero-order valence-electron chi connectivity index (χ0n) is 11.7. The number of hydrogen-bond donors (Lipinski definition) is 2. The second kappa shape index (κ2) is 5.47. The largest absolute Gasteiger partial charge is 0.370 e. The second-order valence-electron chi connectivity index (χ2n) is 5.44. The Balaban J connectivity index is 2.38. The number of carbonyl (C=O) groups is 1. The highest BCUT2D eigenvalue weighted by Gasteiger charge is 2.42. The van der Waals surface area contributed by atoms with Crippen molar-refractivity contribution in [1.29, 1.82) is 5.26 Å². The van der Waals surface area contributed by atoms with Crippen LogP contribution in [0.15, 0.2) is 23.1 Å². The van der Waals surface area contributed by atoms with Gasteiger partial charge in [-0.15, -0.1) is 0 Å². The van der Waals surface area contributed by atoms with E-state index in [1.807, 2.05) is 6.07 Å². The molecule has 6 nitrogen and oxygen atoms in total. The predicted octanol–water partition coefficient (Wildman–Crippen LogP) is 0.943. The average molecular weight is 307 g/mol. The molecule has 0 bridgehead atoms. The van der Waals surface area contributed by atoms with Crippen LogP contribution in [0.25, 0.3) is 0 Å². The summed E-state index contributed by atoms with van der Waals surface area (Å²) in [5.41, 5.74) is 5.11. The van der Waals surface area contributed by atoms with Gasteiger partial charge in [0.25, 0.3) is 0 Å². The third kappa shape index (κ3) is 3.06. The van der Waals surface area contributed by atoms with E-state index in [1.165, 1.54) is 6.07 Å². The number of nitrogens with two attached hydrogens (primary N) is 1. The molecule has 1 saturated carbocycles. The van der Waals surface area contributed by atoms with E-state index in [-0.39, 0.29) is 16.9 Å². The fourth-order valence-electron chi connectivity index (χ4n) is 2.60.